The summed E-state index contributed by atoms with van der Waals surface area (Å²) in [7, 11) is 0. The van der Waals surface area contributed by atoms with E-state index in [1.54, 1.807) is 12.2 Å². The first kappa shape index (κ1) is 22.4. The van der Waals surface area contributed by atoms with Crippen molar-refractivity contribution in [2.75, 3.05) is 6.54 Å². The van der Waals surface area contributed by atoms with Gasteiger partial charge in [0.2, 0.25) is 0 Å². The molecule has 1 N–H and O–H groups in total. The summed E-state index contributed by atoms with van der Waals surface area (Å²) in [5, 5.41) is 8.85. The zero-order chi connectivity index (χ0) is 20.9. The third-order valence-electron chi connectivity index (χ3n) is 4.94. The van der Waals surface area contributed by atoms with Crippen LogP contribution in [0.1, 0.15) is 47.0 Å². The first-order valence-corrected chi connectivity index (χ1v) is 10.5. The van der Waals surface area contributed by atoms with E-state index in [-0.39, 0.29) is 15.6 Å². The second kappa shape index (κ2) is 9.52. The Bertz CT molecular complexity index is 829. The minimum atomic E-state index is -1.08. The van der Waals surface area contributed by atoms with E-state index in [2.05, 4.69) is 32.9 Å². The maximum absolute atomic E-state index is 12.2. The van der Waals surface area contributed by atoms with Crippen molar-refractivity contribution >= 4 is 40.2 Å². The van der Waals surface area contributed by atoms with Crippen molar-refractivity contribution in [2.24, 2.45) is 5.41 Å². The Labute approximate surface area is 176 Å². The Morgan fingerprint density at radius 3 is 2.71 bits per heavy atom. The predicted molar refractivity (Wildman–Crippen MR) is 120 cm³/mol. The van der Waals surface area contributed by atoms with E-state index < -0.39 is 12.5 Å². The number of hydrogen-bond acceptors (Lipinski definition) is 4. The molecule has 2 aliphatic rings. The topological polar surface area (TPSA) is 57.6 Å². The Balaban J connectivity index is 2.02. The van der Waals surface area contributed by atoms with Crippen LogP contribution in [0.3, 0.4) is 0 Å². The number of carboxylic acids is 1. The molecule has 1 saturated heterocycles. The molecule has 0 unspecified atom stereocenters. The number of thiocarbonyl (C=S) groups is 1. The molecule has 150 valence electrons. The summed E-state index contributed by atoms with van der Waals surface area (Å²) >= 11 is 6.20. The van der Waals surface area contributed by atoms with E-state index >= 15 is 0 Å². The first-order valence-electron chi connectivity index (χ1n) is 9.31. The van der Waals surface area contributed by atoms with E-state index in [4.69, 9.17) is 17.3 Å². The second-order valence-corrected chi connectivity index (χ2v) is 9.42. The Hall–Kier alpha value is -1.92. The van der Waals surface area contributed by atoms with Crippen LogP contribution >= 0.6 is 24.0 Å². The number of aliphatic carboxylic acids is 1. The number of allylic oxidation sites excluding steroid dienone is 9. The fraction of sp³-hybridized carbons (Fsp3) is 0.409. The van der Waals surface area contributed by atoms with Gasteiger partial charge in [-0.2, -0.15) is 0 Å². The average molecular weight is 418 g/mol. The smallest absolute Gasteiger partial charge is 0.323 e. The molecule has 1 fully saturated rings. The van der Waals surface area contributed by atoms with Crippen LogP contribution < -0.4 is 0 Å². The summed E-state index contributed by atoms with van der Waals surface area (Å²) in [6.45, 7) is 8.46. The molecule has 1 aliphatic carbocycles. The summed E-state index contributed by atoms with van der Waals surface area (Å²) in [4.78, 5) is 24.5. The maximum atomic E-state index is 12.2. The highest BCUT2D eigenvalue weighted by atomic mass is 32.2. The standard InChI is InChI=1S/C22H27NO3S2/c1-15(11-12-17-16(2)9-7-13-22(17,3)4)8-5-6-10-18-20(26)23(14-19(24)25)21(27)28-18/h5-6,8,10-12H,7,9,13-14H2,1-4H3,(H,24,25). The summed E-state index contributed by atoms with van der Waals surface area (Å²) in [5.41, 5.74) is 4.24. The van der Waals surface area contributed by atoms with Gasteiger partial charge in [0, 0.05) is 0 Å². The van der Waals surface area contributed by atoms with E-state index in [9.17, 15) is 9.59 Å². The number of amides is 1. The van der Waals surface area contributed by atoms with Crippen molar-refractivity contribution in [1.29, 1.82) is 0 Å². The molecule has 0 aromatic rings. The van der Waals surface area contributed by atoms with Gasteiger partial charge in [-0.15, -0.1) is 0 Å². The van der Waals surface area contributed by atoms with E-state index in [0.29, 0.717) is 4.91 Å². The van der Waals surface area contributed by atoms with Crippen molar-refractivity contribution in [3.05, 3.63) is 58.1 Å². The van der Waals surface area contributed by atoms with Gasteiger partial charge < -0.3 is 5.11 Å². The molecule has 0 spiro atoms. The zero-order valence-corrected chi connectivity index (χ0v) is 18.5. The van der Waals surface area contributed by atoms with Gasteiger partial charge in [0.05, 0.1) is 4.91 Å². The third-order valence-corrected chi connectivity index (χ3v) is 6.34. The third kappa shape index (κ3) is 5.79. The summed E-state index contributed by atoms with van der Waals surface area (Å²) in [6.07, 6.45) is 15.3. The molecule has 1 heterocycles. The van der Waals surface area contributed by atoms with E-state index in [0.717, 1.165) is 22.2 Å². The van der Waals surface area contributed by atoms with Crippen molar-refractivity contribution in [3.8, 4) is 0 Å². The van der Waals surface area contributed by atoms with Gasteiger partial charge in [-0.05, 0) is 50.2 Å². The van der Waals surface area contributed by atoms with Crippen LogP contribution in [0.25, 0.3) is 0 Å². The van der Waals surface area contributed by atoms with Gasteiger partial charge in [-0.25, -0.2) is 0 Å². The molecule has 1 aliphatic heterocycles. The maximum Gasteiger partial charge on any atom is 0.323 e. The Morgan fingerprint density at radius 2 is 2.07 bits per heavy atom. The van der Waals surface area contributed by atoms with Crippen LogP contribution in [0, 0.1) is 5.41 Å². The lowest BCUT2D eigenvalue weighted by Crippen LogP contribution is -2.33. The molecular weight excluding hydrogens is 390 g/mol. The minimum Gasteiger partial charge on any atom is -0.480 e. The number of rotatable bonds is 6. The molecule has 0 saturated carbocycles. The predicted octanol–water partition coefficient (Wildman–Crippen LogP) is 5.40. The number of carbonyl (C=O) groups is 2. The molecule has 2 rings (SSSR count). The number of nitrogens with zero attached hydrogens (tertiary/aromatic N) is 1. The van der Waals surface area contributed by atoms with Gasteiger partial charge in [-0.3, -0.25) is 14.5 Å². The molecule has 1 amide bonds. The van der Waals surface area contributed by atoms with Crippen LogP contribution in [-0.4, -0.2) is 32.7 Å². The Morgan fingerprint density at radius 1 is 1.36 bits per heavy atom. The minimum absolute atomic E-state index is 0.222. The van der Waals surface area contributed by atoms with Crippen LogP contribution in [0.2, 0.25) is 0 Å². The van der Waals surface area contributed by atoms with Crippen LogP contribution in [0.5, 0.6) is 0 Å². The van der Waals surface area contributed by atoms with Crippen molar-refractivity contribution in [2.45, 2.75) is 47.0 Å². The van der Waals surface area contributed by atoms with Crippen LogP contribution in [0.4, 0.5) is 0 Å². The van der Waals surface area contributed by atoms with Crippen molar-refractivity contribution in [3.63, 3.8) is 0 Å². The SMILES string of the molecule is CC(C=CC1=C(C)CCCC1(C)C)=CC=CC=C1SC(=S)N(CC(=O)O)C1=O. The van der Waals surface area contributed by atoms with E-state index in [1.807, 2.05) is 19.1 Å². The lowest BCUT2D eigenvalue weighted by molar-refractivity contribution is -0.140. The van der Waals surface area contributed by atoms with Gasteiger partial charge >= 0.3 is 5.97 Å². The molecule has 0 radical (unpaired) electrons. The fourth-order valence-corrected chi connectivity index (χ4v) is 4.62. The lowest BCUT2D eigenvalue weighted by atomic mass is 9.72. The molecule has 0 aromatic heterocycles. The van der Waals surface area contributed by atoms with Crippen molar-refractivity contribution in [1.82, 2.24) is 4.90 Å². The normalized spacial score (nSPS) is 22.4. The molecule has 6 heteroatoms. The monoisotopic (exact) mass is 417 g/mol. The zero-order valence-electron chi connectivity index (χ0n) is 16.8. The quantitative estimate of drug-likeness (QED) is 0.356. The molecular formula is C22H27NO3S2. The summed E-state index contributed by atoms with van der Waals surface area (Å²) in [6, 6.07) is 0. The molecule has 28 heavy (non-hydrogen) atoms. The van der Waals surface area contributed by atoms with Crippen LogP contribution in [-0.2, 0) is 9.59 Å². The number of carboxylic acid groups (broad SMARTS) is 1. The molecule has 0 aromatic carbocycles. The molecule has 0 atom stereocenters. The van der Waals surface area contributed by atoms with Gasteiger partial charge in [0.1, 0.15) is 10.9 Å². The van der Waals surface area contributed by atoms with E-state index in [1.165, 1.54) is 30.4 Å². The largest absolute Gasteiger partial charge is 0.480 e. The highest BCUT2D eigenvalue weighted by molar-refractivity contribution is 8.26. The fourth-order valence-electron chi connectivity index (χ4n) is 3.42. The molecule has 4 nitrogen and oxygen atoms in total. The number of hydrogen-bond donors (Lipinski definition) is 1. The number of carbonyl (C=O) groups excluding carboxylic acids is 1. The number of thioether (sulfide) groups is 1. The lowest BCUT2D eigenvalue weighted by Gasteiger charge is -2.32. The first-order chi connectivity index (χ1) is 13.1. The Kier molecular flexibility index (Phi) is 7.61. The van der Waals surface area contributed by atoms with Crippen LogP contribution in [0.15, 0.2) is 58.1 Å². The van der Waals surface area contributed by atoms with Gasteiger partial charge in [0.15, 0.2) is 0 Å². The highest BCUT2D eigenvalue weighted by Crippen LogP contribution is 2.40. The highest BCUT2D eigenvalue weighted by Gasteiger charge is 2.32. The van der Waals surface area contributed by atoms with Gasteiger partial charge in [-0.1, -0.05) is 79.4 Å². The molecule has 0 bridgehead atoms. The average Bonchev–Trinajstić information content (AvgIpc) is 2.85. The second-order valence-electron chi connectivity index (χ2n) is 7.74. The summed E-state index contributed by atoms with van der Waals surface area (Å²) in [5.74, 6) is -1.44. The van der Waals surface area contributed by atoms with Crippen molar-refractivity contribution < 1.29 is 14.7 Å². The summed E-state index contributed by atoms with van der Waals surface area (Å²) < 4.78 is 0.278. The van der Waals surface area contributed by atoms with Gasteiger partial charge in [0.25, 0.3) is 5.91 Å².